The van der Waals surface area contributed by atoms with E-state index in [1.165, 1.54) is 11.1 Å². The second kappa shape index (κ2) is 7.32. The number of hydrogen-bond donors (Lipinski definition) is 1. The molecule has 0 bridgehead atoms. The molecule has 18 heavy (non-hydrogen) atoms. The Bertz CT molecular complexity index is 396. The van der Waals surface area contributed by atoms with E-state index < -0.39 is 0 Å². The normalized spacial score (nSPS) is 10.9. The van der Waals surface area contributed by atoms with E-state index in [9.17, 15) is 4.79 Å². The van der Waals surface area contributed by atoms with Gasteiger partial charge in [0.25, 0.3) is 0 Å². The van der Waals surface area contributed by atoms with Gasteiger partial charge in [0.2, 0.25) is 0 Å². The molecule has 1 aromatic rings. The molecule has 0 saturated heterocycles. The van der Waals surface area contributed by atoms with Crippen LogP contribution in [0.2, 0.25) is 0 Å². The molecule has 100 valence electrons. The maximum Gasteiger partial charge on any atom is 0.137 e. The highest BCUT2D eigenvalue weighted by Gasteiger charge is 2.05. The van der Waals surface area contributed by atoms with Crippen molar-refractivity contribution in [2.24, 2.45) is 0 Å². The van der Waals surface area contributed by atoms with Gasteiger partial charge in [-0.25, -0.2) is 0 Å². The molecule has 0 amide bonds. The first-order chi connectivity index (χ1) is 8.49. The van der Waals surface area contributed by atoms with Crippen molar-refractivity contribution in [3.63, 3.8) is 0 Å². The third-order valence-corrected chi connectivity index (χ3v) is 3.16. The van der Waals surface area contributed by atoms with Gasteiger partial charge in [0.15, 0.2) is 0 Å². The highest BCUT2D eigenvalue weighted by molar-refractivity contribution is 5.80. The SMILES string of the molecule is Cc1ccc(CC(=O)CCCNC(C)C)cc1C. The maximum absolute atomic E-state index is 11.8. The van der Waals surface area contributed by atoms with Crippen LogP contribution in [0.5, 0.6) is 0 Å². The molecule has 0 saturated carbocycles. The summed E-state index contributed by atoms with van der Waals surface area (Å²) in [7, 11) is 0. The van der Waals surface area contributed by atoms with Gasteiger partial charge in [0.1, 0.15) is 5.78 Å². The molecule has 2 nitrogen and oxygen atoms in total. The Kier molecular flexibility index (Phi) is 6.06. The van der Waals surface area contributed by atoms with Crippen molar-refractivity contribution in [3.05, 3.63) is 34.9 Å². The maximum atomic E-state index is 11.8. The lowest BCUT2D eigenvalue weighted by Gasteiger charge is -2.08. The van der Waals surface area contributed by atoms with E-state index >= 15 is 0 Å². The Morgan fingerprint density at radius 1 is 1.22 bits per heavy atom. The van der Waals surface area contributed by atoms with Crippen molar-refractivity contribution in [2.45, 2.75) is 53.0 Å². The summed E-state index contributed by atoms with van der Waals surface area (Å²) in [6.45, 7) is 9.36. The molecule has 1 rings (SSSR count). The second-order valence-corrected chi connectivity index (χ2v) is 5.35. The average molecular weight is 247 g/mol. The van der Waals surface area contributed by atoms with Gasteiger partial charge in [-0.05, 0) is 43.5 Å². The summed E-state index contributed by atoms with van der Waals surface area (Å²) in [4.78, 5) is 11.8. The first-order valence-corrected chi connectivity index (χ1v) is 6.80. The van der Waals surface area contributed by atoms with Crippen LogP contribution in [0.4, 0.5) is 0 Å². The van der Waals surface area contributed by atoms with Crippen molar-refractivity contribution in [1.29, 1.82) is 0 Å². The number of nitrogens with one attached hydrogen (secondary N) is 1. The summed E-state index contributed by atoms with van der Waals surface area (Å²) in [5, 5.41) is 3.33. The predicted molar refractivity (Wildman–Crippen MR) is 77.0 cm³/mol. The zero-order valence-electron chi connectivity index (χ0n) is 12.0. The van der Waals surface area contributed by atoms with Crippen LogP contribution < -0.4 is 5.32 Å². The predicted octanol–water partition coefficient (Wildman–Crippen LogP) is 3.19. The zero-order valence-corrected chi connectivity index (χ0v) is 12.0. The fourth-order valence-electron chi connectivity index (χ4n) is 1.91. The second-order valence-electron chi connectivity index (χ2n) is 5.35. The molecule has 0 atom stereocenters. The van der Waals surface area contributed by atoms with Crippen LogP contribution >= 0.6 is 0 Å². The molecule has 0 aliphatic carbocycles. The van der Waals surface area contributed by atoms with Crippen LogP contribution in [0.25, 0.3) is 0 Å². The molecule has 0 aromatic heterocycles. The lowest BCUT2D eigenvalue weighted by molar-refractivity contribution is -0.118. The van der Waals surface area contributed by atoms with Gasteiger partial charge in [-0.2, -0.15) is 0 Å². The number of hydrogen-bond acceptors (Lipinski definition) is 2. The number of benzene rings is 1. The minimum Gasteiger partial charge on any atom is -0.315 e. The van der Waals surface area contributed by atoms with Gasteiger partial charge in [-0.3, -0.25) is 4.79 Å². The molecule has 0 unspecified atom stereocenters. The van der Waals surface area contributed by atoms with E-state index in [4.69, 9.17) is 0 Å². The van der Waals surface area contributed by atoms with E-state index in [-0.39, 0.29) is 0 Å². The number of rotatable bonds is 7. The lowest BCUT2D eigenvalue weighted by Crippen LogP contribution is -2.24. The average Bonchev–Trinajstić information content (AvgIpc) is 2.29. The van der Waals surface area contributed by atoms with Crippen molar-refractivity contribution in [1.82, 2.24) is 5.32 Å². The monoisotopic (exact) mass is 247 g/mol. The minimum absolute atomic E-state index is 0.337. The number of carbonyl (C=O) groups is 1. The molecule has 0 radical (unpaired) electrons. The number of Topliss-reactive ketones (excluding diaryl/α,β-unsaturated/α-hetero) is 1. The summed E-state index contributed by atoms with van der Waals surface area (Å²) in [5.41, 5.74) is 3.69. The Morgan fingerprint density at radius 3 is 2.56 bits per heavy atom. The zero-order chi connectivity index (χ0) is 13.5. The molecule has 0 aliphatic heterocycles. The van der Waals surface area contributed by atoms with E-state index in [1.54, 1.807) is 0 Å². The molecule has 2 heteroatoms. The minimum atomic E-state index is 0.337. The van der Waals surface area contributed by atoms with Crippen LogP contribution in [0.3, 0.4) is 0 Å². The van der Waals surface area contributed by atoms with E-state index in [0.717, 1.165) is 18.5 Å². The number of ketones is 1. The summed E-state index contributed by atoms with van der Waals surface area (Å²) < 4.78 is 0. The highest BCUT2D eigenvalue weighted by atomic mass is 16.1. The Hall–Kier alpha value is -1.15. The van der Waals surface area contributed by atoms with Crippen LogP contribution in [0, 0.1) is 13.8 Å². The summed E-state index contributed by atoms with van der Waals surface area (Å²) in [5.74, 6) is 0.337. The molecule has 1 N–H and O–H groups in total. The van der Waals surface area contributed by atoms with Crippen LogP contribution in [-0.4, -0.2) is 18.4 Å². The highest BCUT2D eigenvalue weighted by Crippen LogP contribution is 2.11. The summed E-state index contributed by atoms with van der Waals surface area (Å²) >= 11 is 0. The Morgan fingerprint density at radius 2 is 1.94 bits per heavy atom. The topological polar surface area (TPSA) is 29.1 Å². The molecule has 0 heterocycles. The van der Waals surface area contributed by atoms with Gasteiger partial charge in [-0.1, -0.05) is 32.0 Å². The third kappa shape index (κ3) is 5.46. The lowest BCUT2D eigenvalue weighted by atomic mass is 10.0. The van der Waals surface area contributed by atoms with Crippen LogP contribution in [0.1, 0.15) is 43.4 Å². The molecule has 0 fully saturated rings. The largest absolute Gasteiger partial charge is 0.315 e. The summed E-state index contributed by atoms with van der Waals surface area (Å²) in [6, 6.07) is 6.78. The van der Waals surface area contributed by atoms with Crippen molar-refractivity contribution < 1.29 is 4.79 Å². The van der Waals surface area contributed by atoms with E-state index in [1.807, 2.05) is 0 Å². The van der Waals surface area contributed by atoms with Crippen LogP contribution in [-0.2, 0) is 11.2 Å². The third-order valence-electron chi connectivity index (χ3n) is 3.16. The van der Waals surface area contributed by atoms with E-state index in [0.29, 0.717) is 24.7 Å². The Balaban J connectivity index is 2.33. The van der Waals surface area contributed by atoms with Crippen molar-refractivity contribution in [3.8, 4) is 0 Å². The van der Waals surface area contributed by atoms with Gasteiger partial charge in [0, 0.05) is 18.9 Å². The fraction of sp³-hybridized carbons (Fsp3) is 0.562. The van der Waals surface area contributed by atoms with Crippen LogP contribution in [0.15, 0.2) is 18.2 Å². The Labute approximate surface area is 111 Å². The fourth-order valence-corrected chi connectivity index (χ4v) is 1.91. The van der Waals surface area contributed by atoms with Gasteiger partial charge < -0.3 is 5.32 Å². The number of aryl methyl sites for hydroxylation is 2. The molecular formula is C16H25NO. The molecule has 1 aromatic carbocycles. The smallest absolute Gasteiger partial charge is 0.137 e. The number of carbonyl (C=O) groups excluding carboxylic acids is 1. The first kappa shape index (κ1) is 14.9. The van der Waals surface area contributed by atoms with Crippen molar-refractivity contribution >= 4 is 5.78 Å². The quantitative estimate of drug-likeness (QED) is 0.750. The first-order valence-electron chi connectivity index (χ1n) is 6.80. The standard InChI is InChI=1S/C16H25NO/c1-12(2)17-9-5-6-16(18)11-15-8-7-13(3)14(4)10-15/h7-8,10,12,17H,5-6,9,11H2,1-4H3. The molecule has 0 spiro atoms. The molecule has 0 aliphatic rings. The van der Waals surface area contributed by atoms with Gasteiger partial charge >= 0.3 is 0 Å². The van der Waals surface area contributed by atoms with Crippen molar-refractivity contribution in [2.75, 3.05) is 6.54 Å². The van der Waals surface area contributed by atoms with Gasteiger partial charge in [-0.15, -0.1) is 0 Å². The van der Waals surface area contributed by atoms with E-state index in [2.05, 4.69) is 51.2 Å². The van der Waals surface area contributed by atoms with Gasteiger partial charge in [0.05, 0.1) is 0 Å². The molecular weight excluding hydrogens is 222 g/mol. The summed E-state index contributed by atoms with van der Waals surface area (Å²) in [6.07, 6.45) is 2.18.